The lowest BCUT2D eigenvalue weighted by Crippen LogP contribution is -2.41. The minimum atomic E-state index is -0.766. The molecule has 3 heterocycles. The number of likely N-dealkylation sites (tertiary alicyclic amines) is 1. The van der Waals surface area contributed by atoms with E-state index in [1.807, 2.05) is 17.5 Å². The SMILES string of the molecule is O=C(O)C1CCN(C(=O)Cc2csc(-c3cccnc3)n2)CC1. The zero-order valence-electron chi connectivity index (χ0n) is 12.5. The summed E-state index contributed by atoms with van der Waals surface area (Å²) >= 11 is 1.50. The van der Waals surface area contributed by atoms with Crippen LogP contribution in [0.1, 0.15) is 18.5 Å². The average molecular weight is 331 g/mol. The van der Waals surface area contributed by atoms with E-state index >= 15 is 0 Å². The standard InChI is InChI=1S/C16H17N3O3S/c20-14(19-6-3-11(4-7-19)16(21)22)8-13-10-23-15(18-13)12-2-1-5-17-9-12/h1-2,5,9-11H,3-4,6-8H2,(H,21,22). The predicted octanol–water partition coefficient (Wildman–Crippen LogP) is 2.07. The summed E-state index contributed by atoms with van der Waals surface area (Å²) in [5.74, 6) is -1.08. The van der Waals surface area contributed by atoms with Crippen LogP contribution in [0.25, 0.3) is 10.6 Å². The van der Waals surface area contributed by atoms with Gasteiger partial charge in [0.25, 0.3) is 0 Å². The lowest BCUT2D eigenvalue weighted by Gasteiger charge is -2.30. The van der Waals surface area contributed by atoms with Crippen LogP contribution in [0.2, 0.25) is 0 Å². The number of piperidine rings is 1. The highest BCUT2D eigenvalue weighted by molar-refractivity contribution is 7.13. The van der Waals surface area contributed by atoms with Gasteiger partial charge in [-0.15, -0.1) is 11.3 Å². The van der Waals surface area contributed by atoms with Crippen LogP contribution >= 0.6 is 11.3 Å². The smallest absolute Gasteiger partial charge is 0.306 e. The zero-order chi connectivity index (χ0) is 16.2. The number of pyridine rings is 1. The molecule has 0 saturated carbocycles. The normalized spacial score (nSPS) is 15.6. The molecule has 0 spiro atoms. The molecule has 1 saturated heterocycles. The van der Waals surface area contributed by atoms with Crippen LogP contribution in [0.15, 0.2) is 29.9 Å². The van der Waals surface area contributed by atoms with Gasteiger partial charge >= 0.3 is 5.97 Å². The van der Waals surface area contributed by atoms with Crippen LogP contribution in [0, 0.1) is 5.92 Å². The van der Waals surface area contributed by atoms with E-state index in [1.165, 1.54) is 11.3 Å². The number of carboxylic acids is 1. The molecule has 2 aromatic rings. The van der Waals surface area contributed by atoms with Crippen molar-refractivity contribution in [2.75, 3.05) is 13.1 Å². The van der Waals surface area contributed by atoms with Gasteiger partial charge < -0.3 is 10.0 Å². The Morgan fingerprint density at radius 3 is 2.78 bits per heavy atom. The van der Waals surface area contributed by atoms with Gasteiger partial charge in [0.2, 0.25) is 5.91 Å². The van der Waals surface area contributed by atoms with Gasteiger partial charge in [-0.05, 0) is 25.0 Å². The molecule has 0 atom stereocenters. The Hall–Kier alpha value is -2.28. The first kappa shape index (κ1) is 15.6. The van der Waals surface area contributed by atoms with Crippen molar-refractivity contribution >= 4 is 23.2 Å². The molecule has 1 amide bonds. The van der Waals surface area contributed by atoms with E-state index in [1.54, 1.807) is 17.3 Å². The summed E-state index contributed by atoms with van der Waals surface area (Å²) in [6, 6.07) is 3.79. The second-order valence-electron chi connectivity index (χ2n) is 5.56. The Balaban J connectivity index is 1.59. The van der Waals surface area contributed by atoms with E-state index < -0.39 is 5.97 Å². The molecule has 0 aromatic carbocycles. The van der Waals surface area contributed by atoms with E-state index in [2.05, 4.69) is 9.97 Å². The van der Waals surface area contributed by atoms with Gasteiger partial charge in [0.05, 0.1) is 18.0 Å². The van der Waals surface area contributed by atoms with Crippen LogP contribution in [0.3, 0.4) is 0 Å². The number of nitrogens with zero attached hydrogens (tertiary/aromatic N) is 3. The van der Waals surface area contributed by atoms with Crippen molar-refractivity contribution in [3.63, 3.8) is 0 Å². The molecule has 0 unspecified atom stereocenters. The fourth-order valence-corrected chi connectivity index (χ4v) is 3.46. The minimum absolute atomic E-state index is 0.0110. The zero-order valence-corrected chi connectivity index (χ0v) is 13.3. The largest absolute Gasteiger partial charge is 0.481 e. The molecule has 1 aliphatic heterocycles. The number of aromatic nitrogens is 2. The second kappa shape index (κ2) is 6.87. The van der Waals surface area contributed by atoms with Crippen molar-refractivity contribution in [2.24, 2.45) is 5.92 Å². The van der Waals surface area contributed by atoms with Crippen LogP contribution in [-0.4, -0.2) is 44.9 Å². The van der Waals surface area contributed by atoms with Crippen molar-refractivity contribution in [2.45, 2.75) is 19.3 Å². The molecule has 0 aliphatic carbocycles. The number of hydrogen-bond donors (Lipinski definition) is 1. The van der Waals surface area contributed by atoms with E-state index in [-0.39, 0.29) is 18.2 Å². The number of aliphatic carboxylic acids is 1. The lowest BCUT2D eigenvalue weighted by molar-refractivity contribution is -0.145. The van der Waals surface area contributed by atoms with E-state index in [4.69, 9.17) is 5.11 Å². The Kier molecular flexibility index (Phi) is 4.66. The van der Waals surface area contributed by atoms with Crippen molar-refractivity contribution in [3.8, 4) is 10.6 Å². The molecule has 2 aromatic heterocycles. The molecule has 120 valence electrons. The third kappa shape index (κ3) is 3.73. The number of carbonyl (C=O) groups is 2. The van der Waals surface area contributed by atoms with Crippen LogP contribution in [-0.2, 0) is 16.0 Å². The molecule has 0 radical (unpaired) electrons. The summed E-state index contributed by atoms with van der Waals surface area (Å²) in [6.07, 6.45) is 4.77. The Morgan fingerprint density at radius 1 is 1.35 bits per heavy atom. The maximum atomic E-state index is 12.3. The van der Waals surface area contributed by atoms with Crippen molar-refractivity contribution < 1.29 is 14.7 Å². The minimum Gasteiger partial charge on any atom is -0.481 e. The Morgan fingerprint density at radius 2 is 2.13 bits per heavy atom. The molecule has 7 heteroatoms. The van der Waals surface area contributed by atoms with Gasteiger partial charge in [0, 0.05) is 36.4 Å². The molecule has 1 fully saturated rings. The molecule has 1 aliphatic rings. The summed E-state index contributed by atoms with van der Waals surface area (Å²) in [4.78, 5) is 33.6. The average Bonchev–Trinajstić information content (AvgIpc) is 3.04. The Labute approximate surface area is 137 Å². The maximum Gasteiger partial charge on any atom is 0.306 e. The highest BCUT2D eigenvalue weighted by atomic mass is 32.1. The highest BCUT2D eigenvalue weighted by Gasteiger charge is 2.27. The van der Waals surface area contributed by atoms with Gasteiger partial charge in [-0.3, -0.25) is 14.6 Å². The first-order chi connectivity index (χ1) is 11.1. The third-order valence-corrected chi connectivity index (χ3v) is 4.93. The van der Waals surface area contributed by atoms with Crippen molar-refractivity contribution in [1.82, 2.24) is 14.9 Å². The van der Waals surface area contributed by atoms with Gasteiger partial charge in [0.15, 0.2) is 0 Å². The first-order valence-corrected chi connectivity index (χ1v) is 8.37. The lowest BCUT2D eigenvalue weighted by atomic mass is 9.97. The van der Waals surface area contributed by atoms with Gasteiger partial charge in [0.1, 0.15) is 5.01 Å². The first-order valence-electron chi connectivity index (χ1n) is 7.49. The summed E-state index contributed by atoms with van der Waals surface area (Å²) in [7, 11) is 0. The molecule has 0 bridgehead atoms. The fraction of sp³-hybridized carbons (Fsp3) is 0.375. The number of rotatable bonds is 4. The summed E-state index contributed by atoms with van der Waals surface area (Å²) in [6.45, 7) is 1.02. The molecule has 3 rings (SSSR count). The second-order valence-corrected chi connectivity index (χ2v) is 6.41. The van der Waals surface area contributed by atoms with Crippen LogP contribution in [0.4, 0.5) is 0 Å². The Bertz CT molecular complexity index is 694. The van der Waals surface area contributed by atoms with E-state index in [9.17, 15) is 9.59 Å². The monoisotopic (exact) mass is 331 g/mol. The number of carbonyl (C=O) groups excluding carboxylic acids is 1. The maximum absolute atomic E-state index is 12.3. The summed E-state index contributed by atoms with van der Waals surface area (Å²) in [5.41, 5.74) is 1.69. The van der Waals surface area contributed by atoms with Gasteiger partial charge in [-0.1, -0.05) is 0 Å². The molecular formula is C16H17N3O3S. The fourth-order valence-electron chi connectivity index (χ4n) is 2.65. The van der Waals surface area contributed by atoms with Gasteiger partial charge in [-0.2, -0.15) is 0 Å². The molecule has 6 nitrogen and oxygen atoms in total. The summed E-state index contributed by atoms with van der Waals surface area (Å²) < 4.78 is 0. The van der Waals surface area contributed by atoms with E-state index in [0.29, 0.717) is 25.9 Å². The molecule has 23 heavy (non-hydrogen) atoms. The number of thiazole rings is 1. The topological polar surface area (TPSA) is 83.4 Å². The highest BCUT2D eigenvalue weighted by Crippen LogP contribution is 2.23. The quantitative estimate of drug-likeness (QED) is 0.927. The van der Waals surface area contributed by atoms with Crippen molar-refractivity contribution in [3.05, 3.63) is 35.6 Å². The number of carboxylic acid groups (broad SMARTS) is 1. The van der Waals surface area contributed by atoms with Crippen LogP contribution < -0.4 is 0 Å². The molecular weight excluding hydrogens is 314 g/mol. The predicted molar refractivity (Wildman–Crippen MR) is 86.0 cm³/mol. The van der Waals surface area contributed by atoms with Gasteiger partial charge in [-0.25, -0.2) is 4.98 Å². The number of hydrogen-bond acceptors (Lipinski definition) is 5. The molecule has 1 N–H and O–H groups in total. The third-order valence-electron chi connectivity index (χ3n) is 3.99. The van der Waals surface area contributed by atoms with Crippen molar-refractivity contribution in [1.29, 1.82) is 0 Å². The van der Waals surface area contributed by atoms with Crippen LogP contribution in [0.5, 0.6) is 0 Å². The summed E-state index contributed by atoms with van der Waals surface area (Å²) in [5, 5.41) is 11.7. The van der Waals surface area contributed by atoms with E-state index in [0.717, 1.165) is 16.3 Å². The number of amides is 1.